The monoisotopic (exact) mass is 271 g/mol. The van der Waals surface area contributed by atoms with Crippen molar-refractivity contribution >= 4 is 0 Å². The Hall–Kier alpha value is -1.81. The fourth-order valence-corrected chi connectivity index (χ4v) is 2.86. The molecule has 0 atom stereocenters. The zero-order chi connectivity index (χ0) is 14.3. The van der Waals surface area contributed by atoms with Gasteiger partial charge in [-0.05, 0) is 23.6 Å². The van der Waals surface area contributed by atoms with Crippen LogP contribution in [0.1, 0.15) is 36.6 Å². The number of nitrogens with zero attached hydrogens (tertiary/aromatic N) is 2. The van der Waals surface area contributed by atoms with E-state index in [1.165, 1.54) is 16.8 Å². The molecule has 1 aromatic carbocycles. The standard InChI is InChI=1S/C16H21N3O/c1-10(2)11-5-6-15(20-4)12(7-11)16-13-8-17-9-14(13)18-19(16)3/h5-7,10,17H,8-9H2,1-4H3. The average molecular weight is 271 g/mol. The molecule has 1 aromatic heterocycles. The molecule has 4 nitrogen and oxygen atoms in total. The van der Waals surface area contributed by atoms with Gasteiger partial charge in [0.2, 0.25) is 0 Å². The second-order valence-corrected chi connectivity index (χ2v) is 5.62. The van der Waals surface area contributed by atoms with Gasteiger partial charge in [0.1, 0.15) is 5.75 Å². The van der Waals surface area contributed by atoms with Crippen molar-refractivity contribution in [3.63, 3.8) is 0 Å². The van der Waals surface area contributed by atoms with Gasteiger partial charge in [-0.1, -0.05) is 19.9 Å². The van der Waals surface area contributed by atoms with Gasteiger partial charge in [0, 0.05) is 31.3 Å². The molecule has 0 amide bonds. The second-order valence-electron chi connectivity index (χ2n) is 5.62. The lowest BCUT2D eigenvalue weighted by Gasteiger charge is -2.14. The smallest absolute Gasteiger partial charge is 0.128 e. The van der Waals surface area contributed by atoms with E-state index in [-0.39, 0.29) is 0 Å². The maximum atomic E-state index is 5.56. The summed E-state index contributed by atoms with van der Waals surface area (Å²) in [6, 6.07) is 6.44. The largest absolute Gasteiger partial charge is 0.496 e. The highest BCUT2D eigenvalue weighted by molar-refractivity contribution is 5.72. The molecular formula is C16H21N3O. The first-order valence-electron chi connectivity index (χ1n) is 7.05. The molecule has 0 unspecified atom stereocenters. The second kappa shape index (κ2) is 4.94. The molecule has 2 aromatic rings. The zero-order valence-electron chi connectivity index (χ0n) is 12.5. The molecule has 0 radical (unpaired) electrons. The van der Waals surface area contributed by atoms with Gasteiger partial charge in [0.25, 0.3) is 0 Å². The highest BCUT2D eigenvalue weighted by Gasteiger charge is 2.23. The van der Waals surface area contributed by atoms with E-state index in [0.29, 0.717) is 5.92 Å². The molecule has 0 aliphatic carbocycles. The molecule has 1 aliphatic rings. The number of aromatic nitrogens is 2. The average Bonchev–Trinajstić information content (AvgIpc) is 2.97. The summed E-state index contributed by atoms with van der Waals surface area (Å²) in [4.78, 5) is 0. The summed E-state index contributed by atoms with van der Waals surface area (Å²) >= 11 is 0. The van der Waals surface area contributed by atoms with Crippen LogP contribution in [0.3, 0.4) is 0 Å². The van der Waals surface area contributed by atoms with E-state index in [1.807, 2.05) is 11.7 Å². The SMILES string of the molecule is COc1ccc(C(C)C)cc1-c1c2c(nn1C)CNC2. The summed E-state index contributed by atoms with van der Waals surface area (Å²) in [7, 11) is 3.73. The summed E-state index contributed by atoms with van der Waals surface area (Å²) in [6.45, 7) is 6.16. The lowest BCUT2D eigenvalue weighted by molar-refractivity contribution is 0.415. The number of nitrogens with one attached hydrogen (secondary N) is 1. The third kappa shape index (κ3) is 2.00. The summed E-state index contributed by atoms with van der Waals surface area (Å²) in [5, 5.41) is 7.98. The number of ether oxygens (including phenoxy) is 1. The zero-order valence-corrected chi connectivity index (χ0v) is 12.5. The van der Waals surface area contributed by atoms with Gasteiger partial charge in [-0.3, -0.25) is 4.68 Å². The van der Waals surface area contributed by atoms with E-state index in [9.17, 15) is 0 Å². The van der Waals surface area contributed by atoms with Gasteiger partial charge in [-0.15, -0.1) is 0 Å². The van der Waals surface area contributed by atoms with Crippen molar-refractivity contribution in [2.45, 2.75) is 32.9 Å². The number of rotatable bonds is 3. The fourth-order valence-electron chi connectivity index (χ4n) is 2.86. The Bertz CT molecular complexity index is 643. The van der Waals surface area contributed by atoms with Gasteiger partial charge >= 0.3 is 0 Å². The summed E-state index contributed by atoms with van der Waals surface area (Å²) in [5.74, 6) is 1.41. The molecular weight excluding hydrogens is 250 g/mol. The number of benzene rings is 1. The van der Waals surface area contributed by atoms with Gasteiger partial charge in [0.05, 0.1) is 18.5 Å². The first-order valence-corrected chi connectivity index (χ1v) is 7.05. The topological polar surface area (TPSA) is 39.1 Å². The highest BCUT2D eigenvalue weighted by atomic mass is 16.5. The minimum Gasteiger partial charge on any atom is -0.496 e. The van der Waals surface area contributed by atoms with Crippen LogP contribution in [0, 0.1) is 0 Å². The van der Waals surface area contributed by atoms with Gasteiger partial charge in [-0.2, -0.15) is 5.10 Å². The number of fused-ring (bicyclic) bond motifs is 1. The molecule has 0 saturated carbocycles. The van der Waals surface area contributed by atoms with E-state index in [1.54, 1.807) is 7.11 Å². The molecule has 1 N–H and O–H groups in total. The van der Waals surface area contributed by atoms with Crippen LogP contribution in [0.25, 0.3) is 11.3 Å². The third-order valence-electron chi connectivity index (χ3n) is 3.97. The van der Waals surface area contributed by atoms with E-state index < -0.39 is 0 Å². The lowest BCUT2D eigenvalue weighted by Crippen LogP contribution is -2.06. The summed E-state index contributed by atoms with van der Waals surface area (Å²) < 4.78 is 7.54. The summed E-state index contributed by atoms with van der Waals surface area (Å²) in [5.41, 5.74) is 6.08. The van der Waals surface area contributed by atoms with Crippen LogP contribution in [0.4, 0.5) is 0 Å². The molecule has 2 heterocycles. The quantitative estimate of drug-likeness (QED) is 0.933. The Balaban J connectivity index is 2.20. The van der Waals surface area contributed by atoms with E-state index in [0.717, 1.165) is 30.1 Å². The first-order chi connectivity index (χ1) is 9.61. The fraction of sp³-hybridized carbons (Fsp3) is 0.438. The minimum atomic E-state index is 0.499. The number of methoxy groups -OCH3 is 1. The Morgan fingerprint density at radius 3 is 2.80 bits per heavy atom. The first kappa shape index (κ1) is 13.2. The van der Waals surface area contributed by atoms with Gasteiger partial charge < -0.3 is 10.1 Å². The molecule has 4 heteroatoms. The Kier molecular flexibility index (Phi) is 3.26. The van der Waals surface area contributed by atoms with Crippen LogP contribution in [-0.4, -0.2) is 16.9 Å². The molecule has 20 heavy (non-hydrogen) atoms. The number of hydrogen-bond acceptors (Lipinski definition) is 3. The van der Waals surface area contributed by atoms with Crippen LogP contribution in [-0.2, 0) is 20.1 Å². The Morgan fingerprint density at radius 2 is 2.10 bits per heavy atom. The molecule has 0 saturated heterocycles. The van der Waals surface area contributed by atoms with Crippen LogP contribution in [0.15, 0.2) is 18.2 Å². The van der Waals surface area contributed by atoms with Crippen molar-refractivity contribution in [3.8, 4) is 17.0 Å². The van der Waals surface area contributed by atoms with Crippen molar-refractivity contribution < 1.29 is 4.74 Å². The van der Waals surface area contributed by atoms with E-state index >= 15 is 0 Å². The maximum Gasteiger partial charge on any atom is 0.128 e. The maximum absolute atomic E-state index is 5.56. The molecule has 0 fully saturated rings. The van der Waals surface area contributed by atoms with E-state index in [2.05, 4.69) is 42.5 Å². The predicted molar refractivity (Wildman–Crippen MR) is 79.8 cm³/mol. The van der Waals surface area contributed by atoms with Crippen LogP contribution in [0.2, 0.25) is 0 Å². The molecule has 3 rings (SSSR count). The third-order valence-corrected chi connectivity index (χ3v) is 3.97. The normalized spacial score (nSPS) is 13.8. The molecule has 0 spiro atoms. The van der Waals surface area contributed by atoms with Crippen molar-refractivity contribution in [1.29, 1.82) is 0 Å². The van der Waals surface area contributed by atoms with Gasteiger partial charge in [-0.25, -0.2) is 0 Å². The molecule has 106 valence electrons. The summed E-state index contributed by atoms with van der Waals surface area (Å²) in [6.07, 6.45) is 0. The lowest BCUT2D eigenvalue weighted by atomic mass is 9.97. The van der Waals surface area contributed by atoms with Crippen molar-refractivity contribution in [3.05, 3.63) is 35.0 Å². The van der Waals surface area contributed by atoms with Crippen molar-refractivity contribution in [2.24, 2.45) is 7.05 Å². The Morgan fingerprint density at radius 1 is 1.30 bits per heavy atom. The highest BCUT2D eigenvalue weighted by Crippen LogP contribution is 2.36. The van der Waals surface area contributed by atoms with Crippen LogP contribution >= 0.6 is 0 Å². The minimum absolute atomic E-state index is 0.499. The van der Waals surface area contributed by atoms with Crippen molar-refractivity contribution in [2.75, 3.05) is 7.11 Å². The van der Waals surface area contributed by atoms with Crippen LogP contribution in [0.5, 0.6) is 5.75 Å². The Labute approximate surface area is 119 Å². The van der Waals surface area contributed by atoms with E-state index in [4.69, 9.17) is 4.74 Å². The van der Waals surface area contributed by atoms with Crippen LogP contribution < -0.4 is 10.1 Å². The number of hydrogen-bond donors (Lipinski definition) is 1. The van der Waals surface area contributed by atoms with Gasteiger partial charge in [0.15, 0.2) is 0 Å². The molecule has 1 aliphatic heterocycles. The predicted octanol–water partition coefficient (Wildman–Crippen LogP) is 2.82. The number of aryl methyl sites for hydroxylation is 1. The van der Waals surface area contributed by atoms with Crippen molar-refractivity contribution in [1.82, 2.24) is 15.1 Å². The molecule has 0 bridgehead atoms.